The molecule has 0 atom stereocenters. The lowest BCUT2D eigenvalue weighted by molar-refractivity contribution is -0.137. The number of hydrogen-bond donors (Lipinski definition) is 2. The zero-order valence-corrected chi connectivity index (χ0v) is 11.2. The summed E-state index contributed by atoms with van der Waals surface area (Å²) in [5.74, 6) is -1.08. The Balaban J connectivity index is 2.06. The molecule has 0 unspecified atom stereocenters. The number of aromatic carboxylic acids is 1. The molecule has 0 radical (unpaired) electrons. The number of carbonyl (C=O) groups is 1. The van der Waals surface area contributed by atoms with E-state index in [2.05, 4.69) is 4.98 Å². The Hall–Kier alpha value is -2.28. The summed E-state index contributed by atoms with van der Waals surface area (Å²) in [5, 5.41) is 9.55. The molecule has 0 spiro atoms. The highest BCUT2D eigenvalue weighted by Gasteiger charge is 2.30. The van der Waals surface area contributed by atoms with Crippen LogP contribution in [0.5, 0.6) is 0 Å². The maximum Gasteiger partial charge on any atom is 0.416 e. The third-order valence-electron chi connectivity index (χ3n) is 3.03. The lowest BCUT2D eigenvalue weighted by Crippen LogP contribution is -2.03. The van der Waals surface area contributed by atoms with E-state index < -0.39 is 17.7 Å². The van der Waals surface area contributed by atoms with Crippen molar-refractivity contribution < 1.29 is 23.1 Å². The molecule has 0 saturated heterocycles. The van der Waals surface area contributed by atoms with Gasteiger partial charge in [0.2, 0.25) is 0 Å². The average Bonchev–Trinajstić information content (AvgIpc) is 3.03. The molecule has 3 rings (SSSR count). The number of thiophene rings is 1. The molecule has 1 aromatic carbocycles. The smallest absolute Gasteiger partial charge is 0.416 e. The van der Waals surface area contributed by atoms with Gasteiger partial charge in [-0.25, -0.2) is 4.79 Å². The van der Waals surface area contributed by atoms with E-state index in [0.717, 1.165) is 12.1 Å². The second-order valence-corrected chi connectivity index (χ2v) is 5.54. The normalized spacial score (nSPS) is 12.0. The lowest BCUT2D eigenvalue weighted by atomic mass is 10.1. The fraction of sp³-hybridized carbons (Fsp3) is 0.0714. The quantitative estimate of drug-likeness (QED) is 0.726. The van der Waals surface area contributed by atoms with Gasteiger partial charge in [0.15, 0.2) is 0 Å². The van der Waals surface area contributed by atoms with Crippen molar-refractivity contribution in [3.05, 3.63) is 47.7 Å². The fourth-order valence-corrected chi connectivity index (χ4v) is 3.09. The first-order chi connectivity index (χ1) is 9.84. The number of halogens is 3. The van der Waals surface area contributed by atoms with E-state index in [0.29, 0.717) is 20.7 Å². The Morgan fingerprint density at radius 3 is 2.52 bits per heavy atom. The molecule has 0 fully saturated rings. The van der Waals surface area contributed by atoms with Gasteiger partial charge in [0.25, 0.3) is 0 Å². The number of nitrogens with one attached hydrogen (secondary N) is 1. The number of hydrogen-bond acceptors (Lipinski definition) is 2. The van der Waals surface area contributed by atoms with Crippen molar-refractivity contribution in [2.75, 3.05) is 0 Å². The summed E-state index contributed by atoms with van der Waals surface area (Å²) in [7, 11) is 0. The molecule has 3 aromatic rings. The van der Waals surface area contributed by atoms with Crippen LogP contribution >= 0.6 is 11.3 Å². The summed E-state index contributed by atoms with van der Waals surface area (Å²) >= 11 is 1.18. The van der Waals surface area contributed by atoms with Crippen LogP contribution in [0, 0.1) is 0 Å². The minimum Gasteiger partial charge on any atom is -0.477 e. The summed E-state index contributed by atoms with van der Waals surface area (Å²) in [4.78, 5) is 14.2. The molecule has 108 valence electrons. The topological polar surface area (TPSA) is 53.1 Å². The molecule has 0 amide bonds. The summed E-state index contributed by atoms with van der Waals surface area (Å²) in [6, 6.07) is 8.31. The number of fused-ring (bicyclic) bond motifs is 1. The summed E-state index contributed by atoms with van der Waals surface area (Å²) in [6.45, 7) is 0. The van der Waals surface area contributed by atoms with Gasteiger partial charge >= 0.3 is 12.1 Å². The van der Waals surface area contributed by atoms with Gasteiger partial charge < -0.3 is 10.1 Å². The highest BCUT2D eigenvalue weighted by molar-refractivity contribution is 7.22. The number of carboxylic acids is 1. The lowest BCUT2D eigenvalue weighted by Gasteiger charge is -2.05. The Labute approximate surface area is 120 Å². The van der Waals surface area contributed by atoms with Crippen LogP contribution in [-0.2, 0) is 6.18 Å². The Morgan fingerprint density at radius 1 is 1.14 bits per heavy atom. The molecule has 21 heavy (non-hydrogen) atoms. The molecule has 0 aliphatic heterocycles. The monoisotopic (exact) mass is 311 g/mol. The minimum atomic E-state index is -4.37. The van der Waals surface area contributed by atoms with Crippen LogP contribution in [0.2, 0.25) is 0 Å². The van der Waals surface area contributed by atoms with E-state index in [-0.39, 0.29) is 5.69 Å². The average molecular weight is 311 g/mol. The molecule has 2 N–H and O–H groups in total. The molecule has 7 heteroatoms. The zero-order chi connectivity index (χ0) is 15.2. The predicted molar refractivity (Wildman–Crippen MR) is 73.6 cm³/mol. The number of alkyl halides is 3. The van der Waals surface area contributed by atoms with Crippen molar-refractivity contribution in [3.8, 4) is 10.6 Å². The van der Waals surface area contributed by atoms with E-state index in [1.54, 1.807) is 12.1 Å². The summed E-state index contributed by atoms with van der Waals surface area (Å²) < 4.78 is 38.5. The van der Waals surface area contributed by atoms with Crippen molar-refractivity contribution >= 4 is 27.4 Å². The Morgan fingerprint density at radius 2 is 1.90 bits per heavy atom. The Bertz CT molecular complexity index is 832. The van der Waals surface area contributed by atoms with Gasteiger partial charge in [0.1, 0.15) is 5.69 Å². The van der Waals surface area contributed by atoms with E-state index in [4.69, 9.17) is 5.11 Å². The van der Waals surface area contributed by atoms with Crippen LogP contribution < -0.4 is 0 Å². The second-order valence-electron chi connectivity index (χ2n) is 4.45. The van der Waals surface area contributed by atoms with Gasteiger partial charge in [0.05, 0.1) is 16.1 Å². The summed E-state index contributed by atoms with van der Waals surface area (Å²) in [5.41, 5.74) is -0.0818. The van der Waals surface area contributed by atoms with Crippen LogP contribution in [0.4, 0.5) is 13.2 Å². The SMILES string of the molecule is O=C(O)c1ccc(-c2cc3ccc(C(F)(F)F)cc3s2)[nH]1. The van der Waals surface area contributed by atoms with Gasteiger partial charge in [-0.2, -0.15) is 13.2 Å². The maximum absolute atomic E-state index is 12.7. The van der Waals surface area contributed by atoms with Crippen molar-refractivity contribution in [2.45, 2.75) is 6.18 Å². The van der Waals surface area contributed by atoms with Crippen molar-refractivity contribution in [2.24, 2.45) is 0 Å². The molecule has 0 bridgehead atoms. The van der Waals surface area contributed by atoms with Gasteiger partial charge in [-0.1, -0.05) is 6.07 Å². The number of rotatable bonds is 2. The van der Waals surface area contributed by atoms with Crippen LogP contribution in [-0.4, -0.2) is 16.1 Å². The molecule has 2 aromatic heterocycles. The number of benzene rings is 1. The first-order valence-corrected chi connectivity index (χ1v) is 6.70. The van der Waals surface area contributed by atoms with Gasteiger partial charge in [-0.05, 0) is 35.7 Å². The van der Waals surface area contributed by atoms with Crippen molar-refractivity contribution in [1.82, 2.24) is 4.98 Å². The van der Waals surface area contributed by atoms with Crippen LogP contribution in [0.3, 0.4) is 0 Å². The molecule has 0 aliphatic carbocycles. The highest BCUT2D eigenvalue weighted by atomic mass is 32.1. The van der Waals surface area contributed by atoms with Crippen LogP contribution in [0.15, 0.2) is 36.4 Å². The standard InChI is InChI=1S/C14H8F3NO2S/c15-14(16,17)8-2-1-7-5-12(21-11(7)6-8)9-3-4-10(18-9)13(19)20/h1-6,18H,(H,19,20). The van der Waals surface area contributed by atoms with Gasteiger partial charge in [-0.15, -0.1) is 11.3 Å². The van der Waals surface area contributed by atoms with E-state index in [1.807, 2.05) is 0 Å². The van der Waals surface area contributed by atoms with Crippen molar-refractivity contribution in [1.29, 1.82) is 0 Å². The largest absolute Gasteiger partial charge is 0.477 e. The number of aromatic nitrogens is 1. The Kier molecular flexibility index (Phi) is 3.02. The van der Waals surface area contributed by atoms with Gasteiger partial charge in [0, 0.05) is 4.70 Å². The third-order valence-corrected chi connectivity index (χ3v) is 4.16. The first-order valence-electron chi connectivity index (χ1n) is 5.88. The molecule has 0 saturated carbocycles. The van der Waals surface area contributed by atoms with Crippen LogP contribution in [0.25, 0.3) is 20.7 Å². The number of aromatic amines is 1. The van der Waals surface area contributed by atoms with E-state index >= 15 is 0 Å². The fourth-order valence-electron chi connectivity index (χ4n) is 2.00. The molecule has 0 aliphatic rings. The molecule has 2 heterocycles. The number of H-pyrrole nitrogens is 1. The maximum atomic E-state index is 12.7. The predicted octanol–water partition coefficient (Wildman–Crippen LogP) is 4.61. The van der Waals surface area contributed by atoms with E-state index in [9.17, 15) is 18.0 Å². The third kappa shape index (κ3) is 2.52. The number of carboxylic acid groups (broad SMARTS) is 1. The highest BCUT2D eigenvalue weighted by Crippen LogP contribution is 2.37. The van der Waals surface area contributed by atoms with E-state index in [1.165, 1.54) is 23.5 Å². The summed E-state index contributed by atoms with van der Waals surface area (Å²) in [6.07, 6.45) is -4.37. The van der Waals surface area contributed by atoms with Gasteiger partial charge in [-0.3, -0.25) is 0 Å². The minimum absolute atomic E-state index is 0.0402. The zero-order valence-electron chi connectivity index (χ0n) is 10.4. The molecular weight excluding hydrogens is 303 g/mol. The van der Waals surface area contributed by atoms with Crippen LogP contribution in [0.1, 0.15) is 16.1 Å². The van der Waals surface area contributed by atoms with Crippen molar-refractivity contribution in [3.63, 3.8) is 0 Å². The second kappa shape index (κ2) is 4.63. The molecular formula is C14H8F3NO2S. The first kappa shape index (κ1) is 13.7. The molecule has 3 nitrogen and oxygen atoms in total.